The molecule has 3 heterocycles. The summed E-state index contributed by atoms with van der Waals surface area (Å²) in [5, 5.41) is 4.03. The number of aromatic nitrogens is 4. The van der Waals surface area contributed by atoms with Gasteiger partial charge in [0.1, 0.15) is 0 Å². The van der Waals surface area contributed by atoms with E-state index in [1.54, 1.807) is 12.4 Å². The normalized spacial score (nSPS) is 14.3. The molecule has 1 aliphatic heterocycles. The highest BCUT2D eigenvalue weighted by Crippen LogP contribution is 2.27. The molecule has 0 bridgehead atoms. The van der Waals surface area contributed by atoms with Crippen LogP contribution in [0.3, 0.4) is 0 Å². The number of nitrogens with one attached hydrogen (secondary N) is 1. The standard InChI is InChI=1S/C17H17ClN6/c1-11-4-5-12(10-13(11)18)21-16-14-15(20-7-6-19-14)22-17(23-16)24-8-2-3-9-24/h4-7,10H,2-3,8-9H2,1H3,(H,20,21,22,23). The smallest absolute Gasteiger partial charge is 0.229 e. The van der Waals surface area contributed by atoms with Crippen LogP contribution in [-0.2, 0) is 0 Å². The van der Waals surface area contributed by atoms with Crippen LogP contribution in [0.1, 0.15) is 18.4 Å². The molecule has 0 saturated carbocycles. The number of hydrogen-bond donors (Lipinski definition) is 1. The predicted molar refractivity (Wildman–Crippen MR) is 96.0 cm³/mol. The van der Waals surface area contributed by atoms with Crippen molar-refractivity contribution in [3.05, 3.63) is 41.2 Å². The van der Waals surface area contributed by atoms with E-state index in [0.29, 0.717) is 28.0 Å². The van der Waals surface area contributed by atoms with Gasteiger partial charge in [0, 0.05) is 36.2 Å². The van der Waals surface area contributed by atoms with Gasteiger partial charge in [-0.25, -0.2) is 9.97 Å². The number of rotatable bonds is 3. The maximum atomic E-state index is 6.22. The minimum absolute atomic E-state index is 0.593. The Hall–Kier alpha value is -2.47. The Labute approximate surface area is 144 Å². The van der Waals surface area contributed by atoms with Crippen LogP contribution in [0.15, 0.2) is 30.6 Å². The number of aryl methyl sites for hydroxylation is 1. The van der Waals surface area contributed by atoms with Crippen molar-refractivity contribution in [1.82, 2.24) is 19.9 Å². The summed E-state index contributed by atoms with van der Waals surface area (Å²) >= 11 is 6.22. The molecule has 1 aliphatic rings. The Morgan fingerprint density at radius 3 is 2.67 bits per heavy atom. The zero-order valence-electron chi connectivity index (χ0n) is 13.3. The highest BCUT2D eigenvalue weighted by molar-refractivity contribution is 6.31. The number of fused-ring (bicyclic) bond motifs is 1. The van der Waals surface area contributed by atoms with Gasteiger partial charge in [-0.1, -0.05) is 17.7 Å². The van der Waals surface area contributed by atoms with Crippen LogP contribution in [-0.4, -0.2) is 33.0 Å². The molecule has 7 heteroatoms. The first-order valence-electron chi connectivity index (χ1n) is 7.97. The molecule has 0 aliphatic carbocycles. The summed E-state index contributed by atoms with van der Waals surface area (Å²) in [6.45, 7) is 3.92. The molecular formula is C17H17ClN6. The number of hydrogen-bond acceptors (Lipinski definition) is 6. The summed E-state index contributed by atoms with van der Waals surface area (Å²) in [6.07, 6.45) is 5.63. The van der Waals surface area contributed by atoms with Gasteiger partial charge >= 0.3 is 0 Å². The van der Waals surface area contributed by atoms with Crippen molar-refractivity contribution >= 4 is 40.2 Å². The molecule has 0 unspecified atom stereocenters. The summed E-state index contributed by atoms with van der Waals surface area (Å²) in [7, 11) is 0. The van der Waals surface area contributed by atoms with E-state index in [4.69, 9.17) is 11.6 Å². The zero-order valence-corrected chi connectivity index (χ0v) is 14.1. The lowest BCUT2D eigenvalue weighted by atomic mass is 10.2. The van der Waals surface area contributed by atoms with Gasteiger partial charge < -0.3 is 10.2 Å². The number of halogens is 1. The van der Waals surface area contributed by atoms with Gasteiger partial charge in [-0.15, -0.1) is 0 Å². The lowest BCUT2D eigenvalue weighted by Crippen LogP contribution is -2.21. The van der Waals surface area contributed by atoms with Crippen molar-refractivity contribution in [2.45, 2.75) is 19.8 Å². The van der Waals surface area contributed by atoms with E-state index < -0.39 is 0 Å². The summed E-state index contributed by atoms with van der Waals surface area (Å²) in [5.41, 5.74) is 3.14. The summed E-state index contributed by atoms with van der Waals surface area (Å²) in [5.74, 6) is 1.34. The molecule has 2 aromatic heterocycles. The van der Waals surface area contributed by atoms with Gasteiger partial charge in [0.2, 0.25) is 5.95 Å². The van der Waals surface area contributed by atoms with E-state index in [9.17, 15) is 0 Å². The first-order valence-corrected chi connectivity index (χ1v) is 8.35. The molecule has 1 fully saturated rings. The predicted octanol–water partition coefficient (Wildman–Crippen LogP) is 3.73. The molecule has 4 rings (SSSR count). The fourth-order valence-electron chi connectivity index (χ4n) is 2.81. The van der Waals surface area contributed by atoms with E-state index in [1.807, 2.05) is 25.1 Å². The van der Waals surface area contributed by atoms with Gasteiger partial charge in [0.15, 0.2) is 17.0 Å². The van der Waals surface area contributed by atoms with Crippen molar-refractivity contribution in [3.8, 4) is 0 Å². The van der Waals surface area contributed by atoms with Crippen LogP contribution in [0.2, 0.25) is 5.02 Å². The monoisotopic (exact) mass is 340 g/mol. The summed E-state index contributed by atoms with van der Waals surface area (Å²) < 4.78 is 0. The Bertz CT molecular complexity index is 891. The molecule has 6 nitrogen and oxygen atoms in total. The Morgan fingerprint density at radius 1 is 1.08 bits per heavy atom. The second kappa shape index (κ2) is 6.20. The Kier molecular flexibility index (Phi) is 3.90. The van der Waals surface area contributed by atoms with Crippen LogP contribution >= 0.6 is 11.6 Å². The zero-order chi connectivity index (χ0) is 16.5. The molecule has 0 radical (unpaired) electrons. The second-order valence-electron chi connectivity index (χ2n) is 5.88. The van der Waals surface area contributed by atoms with E-state index in [0.717, 1.165) is 37.2 Å². The number of anilines is 3. The first-order chi connectivity index (χ1) is 11.7. The van der Waals surface area contributed by atoms with Crippen molar-refractivity contribution in [1.29, 1.82) is 0 Å². The lowest BCUT2D eigenvalue weighted by Gasteiger charge is -2.17. The third-order valence-corrected chi connectivity index (χ3v) is 4.55. The van der Waals surface area contributed by atoms with E-state index in [2.05, 4.69) is 30.2 Å². The molecular weight excluding hydrogens is 324 g/mol. The third-order valence-electron chi connectivity index (χ3n) is 4.14. The molecule has 1 N–H and O–H groups in total. The average molecular weight is 341 g/mol. The van der Waals surface area contributed by atoms with Gasteiger partial charge in [-0.2, -0.15) is 9.97 Å². The largest absolute Gasteiger partial charge is 0.341 e. The van der Waals surface area contributed by atoms with Crippen molar-refractivity contribution in [2.75, 3.05) is 23.3 Å². The highest BCUT2D eigenvalue weighted by Gasteiger charge is 2.18. The van der Waals surface area contributed by atoms with Gasteiger partial charge in [-0.05, 0) is 37.5 Å². The van der Waals surface area contributed by atoms with Crippen LogP contribution in [0, 0.1) is 6.92 Å². The van der Waals surface area contributed by atoms with E-state index >= 15 is 0 Å². The first kappa shape index (κ1) is 15.1. The number of nitrogens with zero attached hydrogens (tertiary/aromatic N) is 5. The quantitative estimate of drug-likeness (QED) is 0.783. The van der Waals surface area contributed by atoms with Crippen molar-refractivity contribution in [2.24, 2.45) is 0 Å². The molecule has 3 aromatic rings. The van der Waals surface area contributed by atoms with Crippen molar-refractivity contribution < 1.29 is 0 Å². The second-order valence-corrected chi connectivity index (χ2v) is 6.29. The molecule has 122 valence electrons. The lowest BCUT2D eigenvalue weighted by molar-refractivity contribution is 0.904. The molecule has 24 heavy (non-hydrogen) atoms. The minimum atomic E-state index is 0.593. The maximum absolute atomic E-state index is 6.22. The topological polar surface area (TPSA) is 66.8 Å². The van der Waals surface area contributed by atoms with Crippen molar-refractivity contribution in [3.63, 3.8) is 0 Å². The number of benzene rings is 1. The van der Waals surface area contributed by atoms with Gasteiger partial charge in [-0.3, -0.25) is 0 Å². The highest BCUT2D eigenvalue weighted by atomic mass is 35.5. The minimum Gasteiger partial charge on any atom is -0.341 e. The summed E-state index contributed by atoms with van der Waals surface area (Å²) in [6, 6.07) is 5.83. The average Bonchev–Trinajstić information content (AvgIpc) is 3.13. The van der Waals surface area contributed by atoms with E-state index in [1.165, 1.54) is 0 Å². The fourth-order valence-corrected chi connectivity index (χ4v) is 2.99. The SMILES string of the molecule is Cc1ccc(Nc2nc(N3CCCC3)nc3nccnc23)cc1Cl. The molecule has 0 amide bonds. The molecule has 1 saturated heterocycles. The van der Waals surface area contributed by atoms with Gasteiger partial charge in [0.05, 0.1) is 0 Å². The van der Waals surface area contributed by atoms with Gasteiger partial charge in [0.25, 0.3) is 0 Å². The molecule has 1 aromatic carbocycles. The third kappa shape index (κ3) is 2.85. The van der Waals surface area contributed by atoms with Crippen LogP contribution in [0.4, 0.5) is 17.5 Å². The molecule has 0 atom stereocenters. The fraction of sp³-hybridized carbons (Fsp3) is 0.294. The van der Waals surface area contributed by atoms with E-state index in [-0.39, 0.29) is 0 Å². The van der Waals surface area contributed by atoms with Crippen LogP contribution < -0.4 is 10.2 Å². The summed E-state index contributed by atoms with van der Waals surface area (Å²) in [4.78, 5) is 20.2. The Balaban J connectivity index is 1.78. The van der Waals surface area contributed by atoms with Crippen LogP contribution in [0.25, 0.3) is 11.2 Å². The Morgan fingerprint density at radius 2 is 1.88 bits per heavy atom. The molecule has 0 spiro atoms. The maximum Gasteiger partial charge on any atom is 0.229 e. The van der Waals surface area contributed by atoms with Crippen LogP contribution in [0.5, 0.6) is 0 Å².